The summed E-state index contributed by atoms with van der Waals surface area (Å²) in [5.74, 6) is -1.35. The lowest BCUT2D eigenvalue weighted by Gasteiger charge is -2.19. The normalized spacial score (nSPS) is 11.4. The van der Waals surface area contributed by atoms with Crippen molar-refractivity contribution in [1.29, 1.82) is 0 Å². The smallest absolute Gasteiger partial charge is 0.325 e. The Hall–Kier alpha value is -4.06. The Morgan fingerprint density at radius 1 is 1.17 bits per heavy atom. The molecule has 1 atom stereocenters. The number of hydrogen-bond donors (Lipinski definition) is 4. The number of nitrogens with one attached hydrogen (secondary N) is 1. The highest BCUT2D eigenvalue weighted by molar-refractivity contribution is 5.96. The van der Waals surface area contributed by atoms with E-state index in [1.165, 1.54) is 6.92 Å². The van der Waals surface area contributed by atoms with Gasteiger partial charge in [-0.05, 0) is 31.2 Å². The molecule has 0 aliphatic carbocycles. The number of carboxylic acid groups (broad SMARTS) is 1. The predicted molar refractivity (Wildman–Crippen MR) is 111 cm³/mol. The highest BCUT2D eigenvalue weighted by Crippen LogP contribution is 2.18. The molecule has 0 aliphatic heterocycles. The first-order chi connectivity index (χ1) is 13.7. The number of aromatic nitrogens is 4. The number of carboxylic acids is 1. The van der Waals surface area contributed by atoms with Gasteiger partial charge in [0.05, 0.1) is 18.4 Å². The molecule has 0 fully saturated rings. The van der Waals surface area contributed by atoms with Gasteiger partial charge in [-0.1, -0.05) is 0 Å². The first kappa shape index (κ1) is 22.2. The maximum Gasteiger partial charge on any atom is 0.325 e. The Kier molecular flexibility index (Phi) is 6.64. The maximum absolute atomic E-state index is 12.1. The number of nitrogens with zero attached hydrogens (tertiary/aromatic N) is 5. The molecule has 3 rings (SSSR count). The summed E-state index contributed by atoms with van der Waals surface area (Å²) >= 11 is 0. The number of benzene rings is 1. The number of anilines is 3. The number of aliphatic carboxylic acids is 1. The first-order valence-corrected chi connectivity index (χ1v) is 8.64. The molecule has 2 aromatic heterocycles. The summed E-state index contributed by atoms with van der Waals surface area (Å²) in [6.45, 7) is 1.83. The van der Waals surface area contributed by atoms with Gasteiger partial charge in [0.25, 0.3) is 5.91 Å². The fourth-order valence-electron chi connectivity index (χ4n) is 2.60. The SMILES string of the molecule is CC(NC(=O)c1ccc(N(C)Cc2cnc3nc(N)nc(N)c3n2)cc1)C(=O)O.O. The summed E-state index contributed by atoms with van der Waals surface area (Å²) in [5.41, 5.74) is 14.0. The van der Waals surface area contributed by atoms with E-state index in [-0.39, 0.29) is 17.2 Å². The van der Waals surface area contributed by atoms with Crippen LogP contribution in [0.15, 0.2) is 30.5 Å². The lowest BCUT2D eigenvalue weighted by Crippen LogP contribution is -2.38. The van der Waals surface area contributed by atoms with E-state index in [1.54, 1.807) is 30.5 Å². The second-order valence-corrected chi connectivity index (χ2v) is 6.44. The number of amides is 1. The molecule has 12 heteroatoms. The molecule has 1 unspecified atom stereocenters. The topological polar surface area (TPSA) is 205 Å². The van der Waals surface area contributed by atoms with Gasteiger partial charge in [0.1, 0.15) is 6.04 Å². The maximum atomic E-state index is 12.1. The quantitative estimate of drug-likeness (QED) is 0.410. The van der Waals surface area contributed by atoms with E-state index in [1.807, 2.05) is 11.9 Å². The van der Waals surface area contributed by atoms with Gasteiger partial charge in [-0.25, -0.2) is 9.97 Å². The second-order valence-electron chi connectivity index (χ2n) is 6.44. The van der Waals surface area contributed by atoms with Crippen molar-refractivity contribution in [3.8, 4) is 0 Å². The summed E-state index contributed by atoms with van der Waals surface area (Å²) in [5, 5.41) is 11.3. The van der Waals surface area contributed by atoms with Gasteiger partial charge in [-0.3, -0.25) is 9.59 Å². The fourth-order valence-corrected chi connectivity index (χ4v) is 2.60. The molecule has 2 heterocycles. The lowest BCUT2D eigenvalue weighted by molar-refractivity contribution is -0.138. The second kappa shape index (κ2) is 8.96. The van der Waals surface area contributed by atoms with Gasteiger partial charge >= 0.3 is 5.97 Å². The molecule has 0 radical (unpaired) electrons. The van der Waals surface area contributed by atoms with Crippen LogP contribution in [0, 0.1) is 0 Å². The third-order valence-corrected chi connectivity index (χ3v) is 4.19. The molecular formula is C18H22N8O4. The molecule has 0 saturated heterocycles. The van der Waals surface area contributed by atoms with Crippen LogP contribution in [0.4, 0.5) is 17.5 Å². The third-order valence-electron chi connectivity index (χ3n) is 4.19. The molecule has 30 heavy (non-hydrogen) atoms. The average molecular weight is 414 g/mol. The van der Waals surface area contributed by atoms with Gasteiger partial charge in [0.15, 0.2) is 17.0 Å². The summed E-state index contributed by atoms with van der Waals surface area (Å²) in [6.07, 6.45) is 1.58. The Labute approximate surface area is 171 Å². The van der Waals surface area contributed by atoms with Gasteiger partial charge in [0, 0.05) is 18.3 Å². The van der Waals surface area contributed by atoms with Crippen molar-refractivity contribution in [1.82, 2.24) is 25.3 Å². The number of carbonyl (C=O) groups excluding carboxylic acids is 1. The van der Waals surface area contributed by atoms with E-state index in [0.29, 0.717) is 29.0 Å². The molecule has 0 aliphatic rings. The van der Waals surface area contributed by atoms with Crippen LogP contribution in [0.5, 0.6) is 0 Å². The van der Waals surface area contributed by atoms with Crippen LogP contribution in [-0.2, 0) is 11.3 Å². The Balaban J connectivity index is 0.00000320. The molecule has 12 nitrogen and oxygen atoms in total. The summed E-state index contributed by atoms with van der Waals surface area (Å²) in [4.78, 5) is 41.4. The van der Waals surface area contributed by atoms with Gasteiger partial charge < -0.3 is 32.3 Å². The molecule has 0 saturated carbocycles. The third kappa shape index (κ3) is 4.86. The predicted octanol–water partition coefficient (Wildman–Crippen LogP) is -0.401. The van der Waals surface area contributed by atoms with Crippen LogP contribution in [0.1, 0.15) is 23.0 Å². The minimum atomic E-state index is -1.10. The Bertz CT molecular complexity index is 1070. The van der Waals surface area contributed by atoms with E-state index in [2.05, 4.69) is 25.3 Å². The summed E-state index contributed by atoms with van der Waals surface area (Å²) in [7, 11) is 1.86. The molecule has 3 aromatic rings. The average Bonchev–Trinajstić information content (AvgIpc) is 2.68. The first-order valence-electron chi connectivity index (χ1n) is 8.64. The minimum Gasteiger partial charge on any atom is -0.480 e. The van der Waals surface area contributed by atoms with Crippen LogP contribution < -0.4 is 21.7 Å². The summed E-state index contributed by atoms with van der Waals surface area (Å²) in [6, 6.07) is 5.79. The standard InChI is InChI=1S/C18H20N8O3.H2O/c1-9(17(28)29)22-16(27)10-3-5-12(6-4-10)26(2)8-11-7-21-15-13(23-11)14(19)24-18(20)25-15;/h3-7,9H,8H2,1-2H3,(H,22,27)(H,28,29)(H4,19,20,21,24,25);1H2. The molecule has 8 N–H and O–H groups in total. The number of fused-ring (bicyclic) bond motifs is 1. The van der Waals surface area contributed by atoms with Crippen LogP contribution in [0.25, 0.3) is 11.2 Å². The van der Waals surface area contributed by atoms with Crippen molar-refractivity contribution >= 4 is 40.5 Å². The summed E-state index contributed by atoms with van der Waals surface area (Å²) < 4.78 is 0. The number of carbonyl (C=O) groups is 2. The zero-order chi connectivity index (χ0) is 21.1. The van der Waals surface area contributed by atoms with Crippen molar-refractivity contribution in [2.45, 2.75) is 19.5 Å². The molecule has 0 spiro atoms. The van der Waals surface area contributed by atoms with Crippen LogP contribution >= 0.6 is 0 Å². The van der Waals surface area contributed by atoms with E-state index < -0.39 is 17.9 Å². The number of hydrogen-bond acceptors (Lipinski definition) is 9. The molecule has 0 bridgehead atoms. The van der Waals surface area contributed by atoms with E-state index in [4.69, 9.17) is 16.6 Å². The highest BCUT2D eigenvalue weighted by Gasteiger charge is 2.15. The fraction of sp³-hybridized carbons (Fsp3) is 0.222. The largest absolute Gasteiger partial charge is 0.480 e. The number of nitrogens with two attached hydrogens (primary N) is 2. The Morgan fingerprint density at radius 2 is 1.83 bits per heavy atom. The zero-order valence-corrected chi connectivity index (χ0v) is 16.3. The van der Waals surface area contributed by atoms with Crippen molar-refractivity contribution < 1.29 is 20.2 Å². The number of rotatable bonds is 6. The molecule has 1 amide bonds. The number of nitrogen functional groups attached to an aromatic ring is 2. The van der Waals surface area contributed by atoms with Gasteiger partial charge in [0.2, 0.25) is 5.95 Å². The van der Waals surface area contributed by atoms with Crippen LogP contribution in [-0.4, -0.2) is 55.5 Å². The van der Waals surface area contributed by atoms with E-state index in [9.17, 15) is 9.59 Å². The lowest BCUT2D eigenvalue weighted by atomic mass is 10.1. The van der Waals surface area contributed by atoms with E-state index >= 15 is 0 Å². The van der Waals surface area contributed by atoms with Crippen LogP contribution in [0.2, 0.25) is 0 Å². The molecule has 1 aromatic carbocycles. The highest BCUT2D eigenvalue weighted by atomic mass is 16.4. The minimum absolute atomic E-state index is 0. The van der Waals surface area contributed by atoms with Crippen molar-refractivity contribution in [3.05, 3.63) is 41.7 Å². The Morgan fingerprint density at radius 3 is 2.47 bits per heavy atom. The van der Waals surface area contributed by atoms with Gasteiger partial charge in [-0.15, -0.1) is 0 Å². The zero-order valence-electron chi connectivity index (χ0n) is 16.3. The van der Waals surface area contributed by atoms with E-state index in [0.717, 1.165) is 5.69 Å². The van der Waals surface area contributed by atoms with Gasteiger partial charge in [-0.2, -0.15) is 9.97 Å². The van der Waals surface area contributed by atoms with Crippen molar-refractivity contribution in [2.75, 3.05) is 23.4 Å². The van der Waals surface area contributed by atoms with Crippen molar-refractivity contribution in [2.24, 2.45) is 0 Å². The van der Waals surface area contributed by atoms with Crippen molar-refractivity contribution in [3.63, 3.8) is 0 Å². The van der Waals surface area contributed by atoms with Crippen LogP contribution in [0.3, 0.4) is 0 Å². The monoisotopic (exact) mass is 414 g/mol. The molecule has 158 valence electrons. The molecular weight excluding hydrogens is 392 g/mol.